The van der Waals surface area contributed by atoms with Gasteiger partial charge in [-0.25, -0.2) is 0 Å². The fourth-order valence-corrected chi connectivity index (χ4v) is 4.45. The molecule has 0 radical (unpaired) electrons. The fourth-order valence-electron chi connectivity index (χ4n) is 3.35. The number of benzene rings is 1. The average Bonchev–Trinajstić information content (AvgIpc) is 2.86. The molecule has 12 nitrogen and oxygen atoms in total. The summed E-state index contributed by atoms with van der Waals surface area (Å²) in [7, 11) is 1.45. The van der Waals surface area contributed by atoms with E-state index in [4.69, 9.17) is 29.4 Å². The van der Waals surface area contributed by atoms with Crippen LogP contribution in [0.3, 0.4) is 0 Å². The lowest BCUT2D eigenvalue weighted by Crippen LogP contribution is -2.43. The number of amides is 1. The Morgan fingerprint density at radius 1 is 1.17 bits per heavy atom. The number of carbonyl (C=O) groups is 2. The zero-order valence-electron chi connectivity index (χ0n) is 20.5. The van der Waals surface area contributed by atoms with Crippen LogP contribution in [0, 0.1) is 10.1 Å². The molecule has 1 amide bonds. The first-order valence-electron chi connectivity index (χ1n) is 11.8. The van der Waals surface area contributed by atoms with Crippen LogP contribution in [0.2, 0.25) is 0 Å². The van der Waals surface area contributed by atoms with Gasteiger partial charge in [0.05, 0.1) is 63.3 Å². The van der Waals surface area contributed by atoms with Crippen LogP contribution in [0.15, 0.2) is 12.1 Å². The highest BCUT2D eigenvalue weighted by Crippen LogP contribution is 2.39. The summed E-state index contributed by atoms with van der Waals surface area (Å²) in [5.74, 6) is 0.525. The Hall–Kier alpha value is -2.45. The lowest BCUT2D eigenvalue weighted by atomic mass is 10.1. The minimum absolute atomic E-state index is 0.0911. The Bertz CT molecular complexity index is 856. The van der Waals surface area contributed by atoms with E-state index in [1.54, 1.807) is 0 Å². The minimum atomic E-state index is -0.759. The molecular formula is C23H35N3O9S. The van der Waals surface area contributed by atoms with Crippen LogP contribution in [0.1, 0.15) is 24.8 Å². The summed E-state index contributed by atoms with van der Waals surface area (Å²) in [5.41, 5.74) is 5.74. The first-order chi connectivity index (χ1) is 17.5. The lowest BCUT2D eigenvalue weighted by Gasteiger charge is -2.19. The van der Waals surface area contributed by atoms with Gasteiger partial charge in [-0.1, -0.05) is 0 Å². The summed E-state index contributed by atoms with van der Waals surface area (Å²) in [4.78, 5) is 36.4. The summed E-state index contributed by atoms with van der Waals surface area (Å²) in [6, 6.07) is 2.08. The standard InChI is InChI=1S/C23H35N3O9S/c1-31-21-5-4-19(26(29)30)17-15-36-16-18(20(27)3-2-7-24)25-22(28)6-8-32-9-10-33-11-12-34-13-14-35-23(17)21/h4-5,18H,2-3,6-16,24H2,1H3,(H,25,28). The summed E-state index contributed by atoms with van der Waals surface area (Å²) in [6.07, 6.45) is 0.817. The second kappa shape index (κ2) is 17.1. The van der Waals surface area contributed by atoms with Gasteiger partial charge in [0.1, 0.15) is 6.61 Å². The number of nitrogens with zero attached hydrogens (tertiary/aromatic N) is 1. The van der Waals surface area contributed by atoms with Crippen molar-refractivity contribution >= 4 is 29.1 Å². The molecule has 1 aromatic rings. The minimum Gasteiger partial charge on any atom is -0.493 e. The Morgan fingerprint density at radius 2 is 1.83 bits per heavy atom. The van der Waals surface area contributed by atoms with Crippen molar-refractivity contribution in [2.75, 3.05) is 65.7 Å². The van der Waals surface area contributed by atoms with Crippen molar-refractivity contribution in [1.82, 2.24) is 5.32 Å². The molecule has 2 rings (SSSR count). The number of methoxy groups -OCH3 is 1. The van der Waals surface area contributed by atoms with Crippen LogP contribution >= 0.6 is 11.8 Å². The quantitative estimate of drug-likeness (QED) is 0.405. The van der Waals surface area contributed by atoms with E-state index in [1.165, 1.54) is 31.0 Å². The van der Waals surface area contributed by atoms with Crippen LogP contribution in [-0.4, -0.2) is 88.3 Å². The molecule has 36 heavy (non-hydrogen) atoms. The van der Waals surface area contributed by atoms with Gasteiger partial charge in [-0.2, -0.15) is 11.8 Å². The highest BCUT2D eigenvalue weighted by molar-refractivity contribution is 7.98. The third-order valence-corrected chi connectivity index (χ3v) is 6.25. The van der Waals surface area contributed by atoms with Crippen molar-refractivity contribution in [1.29, 1.82) is 0 Å². The number of carbonyl (C=O) groups excluding carboxylic acids is 2. The molecule has 1 atom stereocenters. The third-order valence-electron chi connectivity index (χ3n) is 5.19. The number of hydrogen-bond donors (Lipinski definition) is 2. The van der Waals surface area contributed by atoms with Gasteiger partial charge in [-0.05, 0) is 19.0 Å². The maximum absolute atomic E-state index is 12.7. The summed E-state index contributed by atoms with van der Waals surface area (Å²) < 4.78 is 27.6. The van der Waals surface area contributed by atoms with Crippen molar-refractivity contribution in [3.63, 3.8) is 0 Å². The highest BCUT2D eigenvalue weighted by Gasteiger charge is 2.25. The van der Waals surface area contributed by atoms with Crippen molar-refractivity contribution in [2.45, 2.75) is 31.1 Å². The van der Waals surface area contributed by atoms with Gasteiger partial charge in [0.25, 0.3) is 5.69 Å². The van der Waals surface area contributed by atoms with E-state index in [-0.39, 0.29) is 67.3 Å². The number of nitrogens with two attached hydrogens (primary N) is 1. The van der Waals surface area contributed by atoms with Gasteiger partial charge in [-0.3, -0.25) is 19.7 Å². The monoisotopic (exact) mass is 529 g/mol. The van der Waals surface area contributed by atoms with E-state index < -0.39 is 11.0 Å². The molecule has 0 aliphatic carbocycles. The van der Waals surface area contributed by atoms with Crippen molar-refractivity contribution < 1.29 is 38.2 Å². The van der Waals surface area contributed by atoms with Crippen LogP contribution in [0.5, 0.6) is 11.5 Å². The van der Waals surface area contributed by atoms with E-state index >= 15 is 0 Å². The summed E-state index contributed by atoms with van der Waals surface area (Å²) in [5, 5.41) is 14.5. The van der Waals surface area contributed by atoms with Gasteiger partial charge >= 0.3 is 0 Å². The molecule has 0 saturated heterocycles. The number of ether oxygens (including phenoxy) is 5. The largest absolute Gasteiger partial charge is 0.493 e. The van der Waals surface area contributed by atoms with Crippen LogP contribution in [0.4, 0.5) is 5.69 Å². The number of nitrogens with one attached hydrogen (secondary N) is 1. The maximum atomic E-state index is 12.7. The molecule has 0 fully saturated rings. The van der Waals surface area contributed by atoms with Gasteiger partial charge < -0.3 is 34.7 Å². The average molecular weight is 530 g/mol. The molecule has 0 bridgehead atoms. The topological polar surface area (TPSA) is 161 Å². The Balaban J connectivity index is 2.24. The van der Waals surface area contributed by atoms with Gasteiger partial charge in [0.15, 0.2) is 17.3 Å². The van der Waals surface area contributed by atoms with E-state index in [0.29, 0.717) is 50.7 Å². The second-order valence-corrected chi connectivity index (χ2v) is 8.81. The molecule has 202 valence electrons. The highest BCUT2D eigenvalue weighted by atomic mass is 32.2. The lowest BCUT2D eigenvalue weighted by molar-refractivity contribution is -0.385. The number of nitro benzene ring substituents is 1. The fraction of sp³-hybridized carbons (Fsp3) is 0.652. The number of hydrogen-bond acceptors (Lipinski definition) is 11. The number of ketones is 1. The molecule has 1 heterocycles. The van der Waals surface area contributed by atoms with E-state index in [1.807, 2.05) is 0 Å². The van der Waals surface area contributed by atoms with Gasteiger partial charge in [-0.15, -0.1) is 0 Å². The number of Topliss-reactive ketones (excluding diaryl/α,β-unsaturated/α-hetero) is 1. The molecule has 0 saturated carbocycles. The number of nitro groups is 1. The molecule has 0 aromatic heterocycles. The zero-order chi connectivity index (χ0) is 26.2. The molecule has 1 aromatic carbocycles. The number of thioether (sulfide) groups is 1. The molecular weight excluding hydrogens is 494 g/mol. The SMILES string of the molecule is COc1ccc([N+](=O)[O-])c2c1OCCOCCOCCOCCC(=O)NC(C(=O)CCCN)CSC2. The molecule has 1 unspecified atom stereocenters. The summed E-state index contributed by atoms with van der Waals surface area (Å²) >= 11 is 1.28. The van der Waals surface area contributed by atoms with E-state index in [2.05, 4.69) is 5.32 Å². The number of fused-ring (bicyclic) bond motifs is 1. The van der Waals surface area contributed by atoms with Crippen LogP contribution in [-0.2, 0) is 29.6 Å². The van der Waals surface area contributed by atoms with Crippen molar-refractivity contribution in [3.05, 3.63) is 27.8 Å². The van der Waals surface area contributed by atoms with E-state index in [0.717, 1.165) is 0 Å². The smallest absolute Gasteiger partial charge is 0.277 e. The van der Waals surface area contributed by atoms with Crippen molar-refractivity contribution in [2.24, 2.45) is 5.73 Å². The second-order valence-electron chi connectivity index (χ2n) is 7.78. The van der Waals surface area contributed by atoms with Crippen molar-refractivity contribution in [3.8, 4) is 11.5 Å². The Labute approximate surface area is 214 Å². The normalized spacial score (nSPS) is 19.3. The van der Waals surface area contributed by atoms with Crippen LogP contribution in [0.25, 0.3) is 0 Å². The molecule has 3 N–H and O–H groups in total. The predicted octanol–water partition coefficient (Wildman–Crippen LogP) is 1.46. The maximum Gasteiger partial charge on any atom is 0.277 e. The van der Waals surface area contributed by atoms with E-state index in [9.17, 15) is 19.7 Å². The van der Waals surface area contributed by atoms with Gasteiger partial charge in [0, 0.05) is 30.4 Å². The summed E-state index contributed by atoms with van der Waals surface area (Å²) in [6.45, 7) is 2.34. The molecule has 13 heteroatoms. The Kier molecular flexibility index (Phi) is 14.1. The molecule has 1 aliphatic heterocycles. The Morgan fingerprint density at radius 3 is 2.47 bits per heavy atom. The predicted molar refractivity (Wildman–Crippen MR) is 134 cm³/mol. The molecule has 1 aliphatic rings. The first kappa shape index (κ1) is 29.8. The van der Waals surface area contributed by atoms with Gasteiger partial charge in [0.2, 0.25) is 5.91 Å². The first-order valence-corrected chi connectivity index (χ1v) is 12.9. The van der Waals surface area contributed by atoms with Crippen LogP contribution < -0.4 is 20.5 Å². The zero-order valence-corrected chi connectivity index (χ0v) is 21.3. The molecule has 0 spiro atoms. The number of rotatable bonds is 6. The third kappa shape index (κ3) is 10.3.